The van der Waals surface area contributed by atoms with Gasteiger partial charge >= 0.3 is 5.97 Å². The van der Waals surface area contributed by atoms with Crippen molar-refractivity contribution in [3.05, 3.63) is 34.2 Å². The van der Waals surface area contributed by atoms with Crippen LogP contribution in [-0.2, 0) is 16.1 Å². The Labute approximate surface area is 111 Å². The van der Waals surface area contributed by atoms with Crippen LogP contribution in [0.2, 0.25) is 0 Å². The molecule has 1 aromatic heterocycles. The van der Waals surface area contributed by atoms with Crippen molar-refractivity contribution >= 4 is 11.9 Å². The first-order valence-corrected chi connectivity index (χ1v) is 6.15. The lowest BCUT2D eigenvalue weighted by Crippen LogP contribution is -2.28. The largest absolute Gasteiger partial charge is 0.481 e. The third kappa shape index (κ3) is 5.37. The molecule has 6 heteroatoms. The molecule has 0 fully saturated rings. The minimum atomic E-state index is -0.874. The van der Waals surface area contributed by atoms with Crippen molar-refractivity contribution < 1.29 is 14.7 Å². The second-order valence-corrected chi connectivity index (χ2v) is 4.25. The summed E-state index contributed by atoms with van der Waals surface area (Å²) in [4.78, 5) is 33.3. The van der Waals surface area contributed by atoms with Gasteiger partial charge in [-0.15, -0.1) is 0 Å². The molecule has 0 unspecified atom stereocenters. The van der Waals surface area contributed by atoms with Crippen LogP contribution >= 0.6 is 0 Å². The zero-order valence-electron chi connectivity index (χ0n) is 10.9. The third-order valence-corrected chi connectivity index (χ3v) is 2.72. The van der Waals surface area contributed by atoms with Crippen molar-refractivity contribution in [2.75, 3.05) is 6.54 Å². The van der Waals surface area contributed by atoms with Gasteiger partial charge in [-0.2, -0.15) is 0 Å². The molecule has 19 heavy (non-hydrogen) atoms. The van der Waals surface area contributed by atoms with Crippen LogP contribution in [0.15, 0.2) is 23.0 Å². The number of carbonyl (C=O) groups is 2. The number of hydrogen-bond donors (Lipinski definition) is 2. The maximum Gasteiger partial charge on any atom is 0.303 e. The Morgan fingerprint density at radius 2 is 2.05 bits per heavy atom. The van der Waals surface area contributed by atoms with E-state index in [-0.39, 0.29) is 24.3 Å². The Bertz CT molecular complexity index is 508. The zero-order chi connectivity index (χ0) is 14.3. The summed E-state index contributed by atoms with van der Waals surface area (Å²) < 4.78 is 1.54. The predicted octanol–water partition coefficient (Wildman–Crippen LogP) is 0.528. The summed E-state index contributed by atoms with van der Waals surface area (Å²) in [5.74, 6) is -1.05. The molecule has 0 atom stereocenters. The predicted molar refractivity (Wildman–Crippen MR) is 69.9 cm³/mol. The summed E-state index contributed by atoms with van der Waals surface area (Å²) in [7, 11) is 0. The van der Waals surface area contributed by atoms with Crippen molar-refractivity contribution in [2.45, 2.75) is 32.7 Å². The molecule has 6 nitrogen and oxygen atoms in total. The standard InChI is InChI=1S/C13H18N2O4/c1-10-4-2-5-12(17)15(10)9-7-11(16)14-8-3-6-13(18)19/h2,4-5H,3,6-9H2,1H3,(H,14,16)(H,18,19). The first-order valence-electron chi connectivity index (χ1n) is 6.15. The SMILES string of the molecule is Cc1cccc(=O)n1CCC(=O)NCCCC(=O)O. The van der Waals surface area contributed by atoms with Gasteiger partial charge in [0, 0.05) is 37.7 Å². The Balaban J connectivity index is 2.34. The van der Waals surface area contributed by atoms with E-state index in [1.807, 2.05) is 13.0 Å². The quantitative estimate of drug-likeness (QED) is 0.704. The van der Waals surface area contributed by atoms with E-state index >= 15 is 0 Å². The van der Waals surface area contributed by atoms with Crippen LogP contribution in [0.5, 0.6) is 0 Å². The summed E-state index contributed by atoms with van der Waals surface area (Å²) in [5.41, 5.74) is 0.685. The van der Waals surface area contributed by atoms with Crippen molar-refractivity contribution in [3.8, 4) is 0 Å². The van der Waals surface area contributed by atoms with Gasteiger partial charge in [0.25, 0.3) is 5.56 Å². The monoisotopic (exact) mass is 266 g/mol. The molecule has 0 aliphatic heterocycles. The van der Waals surface area contributed by atoms with Crippen LogP contribution in [0.1, 0.15) is 25.0 Å². The Morgan fingerprint density at radius 1 is 1.32 bits per heavy atom. The molecule has 1 amide bonds. The number of rotatable bonds is 7. The van der Waals surface area contributed by atoms with Gasteiger partial charge in [0.05, 0.1) is 0 Å². The molecule has 0 aliphatic rings. The highest BCUT2D eigenvalue weighted by Crippen LogP contribution is 1.96. The van der Waals surface area contributed by atoms with Gasteiger partial charge in [0.15, 0.2) is 0 Å². The molecule has 0 aromatic carbocycles. The minimum absolute atomic E-state index is 0.0392. The minimum Gasteiger partial charge on any atom is -0.481 e. The highest BCUT2D eigenvalue weighted by Gasteiger charge is 2.04. The average Bonchev–Trinajstić information content (AvgIpc) is 2.34. The van der Waals surface area contributed by atoms with Crippen molar-refractivity contribution in [2.24, 2.45) is 0 Å². The lowest BCUT2D eigenvalue weighted by atomic mass is 10.3. The van der Waals surface area contributed by atoms with Crippen LogP contribution in [0.25, 0.3) is 0 Å². The van der Waals surface area contributed by atoms with E-state index in [1.165, 1.54) is 10.6 Å². The van der Waals surface area contributed by atoms with Crippen molar-refractivity contribution in [1.82, 2.24) is 9.88 Å². The number of aliphatic carboxylic acids is 1. The molecule has 0 bridgehead atoms. The van der Waals surface area contributed by atoms with Crippen LogP contribution < -0.4 is 10.9 Å². The fraction of sp³-hybridized carbons (Fsp3) is 0.462. The van der Waals surface area contributed by atoms with Crippen LogP contribution in [0.4, 0.5) is 0 Å². The summed E-state index contributed by atoms with van der Waals surface area (Å²) in [6.07, 6.45) is 0.654. The van der Waals surface area contributed by atoms with Crippen LogP contribution in [0, 0.1) is 6.92 Å². The number of aryl methyl sites for hydroxylation is 1. The molecule has 1 rings (SSSR count). The zero-order valence-corrected chi connectivity index (χ0v) is 10.9. The number of carboxylic acid groups (broad SMARTS) is 1. The van der Waals surface area contributed by atoms with Gasteiger partial charge in [-0.25, -0.2) is 0 Å². The van der Waals surface area contributed by atoms with E-state index in [1.54, 1.807) is 6.07 Å². The van der Waals surface area contributed by atoms with Gasteiger partial charge in [-0.3, -0.25) is 14.4 Å². The molecule has 0 saturated heterocycles. The van der Waals surface area contributed by atoms with Crippen LogP contribution in [-0.4, -0.2) is 28.1 Å². The van der Waals surface area contributed by atoms with Crippen molar-refractivity contribution in [3.63, 3.8) is 0 Å². The fourth-order valence-corrected chi connectivity index (χ4v) is 1.68. The molecule has 0 radical (unpaired) electrons. The van der Waals surface area contributed by atoms with E-state index in [0.717, 1.165) is 5.69 Å². The lowest BCUT2D eigenvalue weighted by molar-refractivity contribution is -0.137. The molecule has 1 heterocycles. The Morgan fingerprint density at radius 3 is 2.68 bits per heavy atom. The highest BCUT2D eigenvalue weighted by molar-refractivity contribution is 5.75. The van der Waals surface area contributed by atoms with Gasteiger partial charge in [0.2, 0.25) is 5.91 Å². The van der Waals surface area contributed by atoms with E-state index < -0.39 is 5.97 Å². The molecule has 0 aliphatic carbocycles. The first kappa shape index (κ1) is 14.9. The molecule has 0 saturated carbocycles. The number of pyridine rings is 1. The molecule has 1 aromatic rings. The molecular weight excluding hydrogens is 248 g/mol. The van der Waals surface area contributed by atoms with E-state index in [2.05, 4.69) is 5.32 Å². The number of carbonyl (C=O) groups excluding carboxylic acids is 1. The molecule has 0 spiro atoms. The second kappa shape index (κ2) is 7.35. The highest BCUT2D eigenvalue weighted by atomic mass is 16.4. The van der Waals surface area contributed by atoms with E-state index in [0.29, 0.717) is 19.5 Å². The number of amides is 1. The van der Waals surface area contributed by atoms with Gasteiger partial charge in [0.1, 0.15) is 0 Å². The number of nitrogens with one attached hydrogen (secondary N) is 1. The summed E-state index contributed by atoms with van der Waals surface area (Å²) in [6, 6.07) is 4.95. The maximum atomic E-state index is 11.6. The van der Waals surface area contributed by atoms with Crippen LogP contribution in [0.3, 0.4) is 0 Å². The van der Waals surface area contributed by atoms with E-state index in [4.69, 9.17) is 5.11 Å². The molecule has 104 valence electrons. The maximum absolute atomic E-state index is 11.6. The number of nitrogens with zero attached hydrogens (tertiary/aromatic N) is 1. The Kier molecular flexibility index (Phi) is 5.78. The number of aromatic nitrogens is 1. The number of hydrogen-bond acceptors (Lipinski definition) is 3. The fourth-order valence-electron chi connectivity index (χ4n) is 1.68. The lowest BCUT2D eigenvalue weighted by Gasteiger charge is -2.09. The second-order valence-electron chi connectivity index (χ2n) is 4.25. The molecule has 2 N–H and O–H groups in total. The average molecular weight is 266 g/mol. The van der Waals surface area contributed by atoms with Gasteiger partial charge in [-0.1, -0.05) is 6.07 Å². The topological polar surface area (TPSA) is 88.4 Å². The number of carboxylic acids is 1. The van der Waals surface area contributed by atoms with Crippen molar-refractivity contribution in [1.29, 1.82) is 0 Å². The molecular formula is C13H18N2O4. The summed E-state index contributed by atoms with van der Waals surface area (Å²) in [5, 5.41) is 11.1. The van der Waals surface area contributed by atoms with Gasteiger partial charge < -0.3 is 15.0 Å². The van der Waals surface area contributed by atoms with E-state index in [9.17, 15) is 14.4 Å². The van der Waals surface area contributed by atoms with Gasteiger partial charge in [-0.05, 0) is 19.4 Å². The summed E-state index contributed by atoms with van der Waals surface area (Å²) in [6.45, 7) is 2.48. The smallest absolute Gasteiger partial charge is 0.303 e. The third-order valence-electron chi connectivity index (χ3n) is 2.72. The Hall–Kier alpha value is -2.11. The first-order chi connectivity index (χ1) is 9.00. The summed E-state index contributed by atoms with van der Waals surface area (Å²) >= 11 is 0. The normalized spacial score (nSPS) is 10.2.